The molecule has 0 aromatic carbocycles. The molecule has 0 spiro atoms. The number of carbonyl (C=O) groups is 1. The first-order chi connectivity index (χ1) is 5.66. The normalized spacial score (nSPS) is 9.50. The number of amides is 1. The molecule has 1 amide bonds. The van der Waals surface area contributed by atoms with Crippen LogP contribution in [0.2, 0.25) is 0 Å². The van der Waals surface area contributed by atoms with E-state index in [4.69, 9.17) is 10.5 Å². The van der Waals surface area contributed by atoms with E-state index in [9.17, 15) is 4.79 Å². The lowest BCUT2D eigenvalue weighted by atomic mass is 10.4. The Labute approximate surface area is 72.8 Å². The number of hydrogen-bond acceptors (Lipinski definition) is 3. The van der Waals surface area contributed by atoms with E-state index in [-0.39, 0.29) is 12.5 Å². The Morgan fingerprint density at radius 1 is 1.67 bits per heavy atom. The van der Waals surface area contributed by atoms with Crippen LogP contribution >= 0.6 is 0 Å². The van der Waals surface area contributed by atoms with E-state index in [0.717, 1.165) is 5.57 Å². The summed E-state index contributed by atoms with van der Waals surface area (Å²) >= 11 is 0. The fourth-order valence-corrected chi connectivity index (χ4v) is 0.581. The second kappa shape index (κ2) is 6.82. The largest absolute Gasteiger partial charge is 0.375 e. The van der Waals surface area contributed by atoms with Crippen LogP contribution in [0, 0.1) is 0 Å². The lowest BCUT2D eigenvalue weighted by Gasteiger charge is -2.04. The van der Waals surface area contributed by atoms with Gasteiger partial charge in [0, 0.05) is 6.54 Å². The van der Waals surface area contributed by atoms with Crippen molar-refractivity contribution in [3.63, 3.8) is 0 Å². The number of carbonyl (C=O) groups excluding carboxylic acids is 1. The van der Waals surface area contributed by atoms with Crippen molar-refractivity contribution >= 4 is 5.91 Å². The molecule has 70 valence electrons. The molecule has 0 rings (SSSR count). The molecule has 0 aromatic rings. The first kappa shape index (κ1) is 11.1. The maximum Gasteiger partial charge on any atom is 0.233 e. The Hall–Kier alpha value is -0.870. The number of nitrogens with two attached hydrogens (primary N) is 1. The van der Waals surface area contributed by atoms with Crippen LogP contribution in [0.1, 0.15) is 6.92 Å². The van der Waals surface area contributed by atoms with Crippen LogP contribution in [-0.2, 0) is 9.53 Å². The highest BCUT2D eigenvalue weighted by Crippen LogP contribution is 1.86. The van der Waals surface area contributed by atoms with Crippen LogP contribution in [0.15, 0.2) is 12.2 Å². The molecular weight excluding hydrogens is 156 g/mol. The minimum atomic E-state index is -0.158. The molecule has 3 N–H and O–H groups in total. The van der Waals surface area contributed by atoms with Crippen molar-refractivity contribution in [1.29, 1.82) is 0 Å². The molecule has 0 heterocycles. The van der Waals surface area contributed by atoms with E-state index in [1.807, 2.05) is 6.92 Å². The quantitative estimate of drug-likeness (QED) is 0.425. The van der Waals surface area contributed by atoms with Gasteiger partial charge >= 0.3 is 0 Å². The average molecular weight is 172 g/mol. The fourth-order valence-electron chi connectivity index (χ4n) is 0.581. The van der Waals surface area contributed by atoms with Crippen molar-refractivity contribution in [2.24, 2.45) is 5.73 Å². The van der Waals surface area contributed by atoms with Crippen molar-refractivity contribution in [2.45, 2.75) is 6.92 Å². The third-order valence-corrected chi connectivity index (χ3v) is 1.10. The lowest BCUT2D eigenvalue weighted by Crippen LogP contribution is -2.32. The summed E-state index contributed by atoms with van der Waals surface area (Å²) in [5.41, 5.74) is 6.04. The maximum atomic E-state index is 10.6. The van der Waals surface area contributed by atoms with Crippen LogP contribution < -0.4 is 11.1 Å². The standard InChI is InChI=1S/C8H16N2O2/c1-7(2)6-12-4-3-10-8(11)5-9/h1,3-6,9H2,2H3,(H,10,11). The zero-order chi connectivity index (χ0) is 9.40. The van der Waals surface area contributed by atoms with Gasteiger partial charge in [0.2, 0.25) is 5.91 Å². The Kier molecular flexibility index (Phi) is 6.32. The van der Waals surface area contributed by atoms with Gasteiger partial charge in [-0.3, -0.25) is 4.79 Å². The van der Waals surface area contributed by atoms with Gasteiger partial charge in [0.25, 0.3) is 0 Å². The van der Waals surface area contributed by atoms with Crippen molar-refractivity contribution in [3.05, 3.63) is 12.2 Å². The topological polar surface area (TPSA) is 64.3 Å². The van der Waals surface area contributed by atoms with Crippen LogP contribution in [0.5, 0.6) is 0 Å². The van der Waals surface area contributed by atoms with Gasteiger partial charge in [-0.05, 0) is 6.92 Å². The molecule has 0 saturated carbocycles. The molecule has 0 radical (unpaired) electrons. The molecule has 0 aliphatic carbocycles. The van der Waals surface area contributed by atoms with Crippen molar-refractivity contribution in [2.75, 3.05) is 26.3 Å². The smallest absolute Gasteiger partial charge is 0.233 e. The monoisotopic (exact) mass is 172 g/mol. The Balaban J connectivity index is 3.11. The Morgan fingerprint density at radius 3 is 2.83 bits per heavy atom. The van der Waals surface area contributed by atoms with Gasteiger partial charge in [-0.1, -0.05) is 12.2 Å². The number of nitrogens with one attached hydrogen (secondary N) is 1. The summed E-state index contributed by atoms with van der Waals surface area (Å²) in [5.74, 6) is -0.158. The van der Waals surface area contributed by atoms with Crippen LogP contribution in [-0.4, -0.2) is 32.2 Å². The van der Waals surface area contributed by atoms with Crippen molar-refractivity contribution in [1.82, 2.24) is 5.32 Å². The molecular formula is C8H16N2O2. The highest BCUT2D eigenvalue weighted by molar-refractivity contribution is 5.77. The summed E-state index contributed by atoms with van der Waals surface area (Å²) in [6, 6.07) is 0. The van der Waals surface area contributed by atoms with Crippen molar-refractivity contribution < 1.29 is 9.53 Å². The molecule has 0 aromatic heterocycles. The van der Waals surface area contributed by atoms with E-state index in [0.29, 0.717) is 19.8 Å². The zero-order valence-corrected chi connectivity index (χ0v) is 7.43. The molecule has 0 aliphatic rings. The van der Waals surface area contributed by atoms with Crippen LogP contribution in [0.3, 0.4) is 0 Å². The molecule has 4 nitrogen and oxygen atoms in total. The fraction of sp³-hybridized carbons (Fsp3) is 0.625. The van der Waals surface area contributed by atoms with E-state index >= 15 is 0 Å². The summed E-state index contributed by atoms with van der Waals surface area (Å²) in [5, 5.41) is 2.59. The van der Waals surface area contributed by atoms with E-state index < -0.39 is 0 Å². The predicted octanol–water partition coefficient (Wildman–Crippen LogP) is -0.346. The molecule has 12 heavy (non-hydrogen) atoms. The van der Waals surface area contributed by atoms with Gasteiger partial charge in [0.1, 0.15) is 0 Å². The summed E-state index contributed by atoms with van der Waals surface area (Å²) in [7, 11) is 0. The molecule has 0 fully saturated rings. The minimum Gasteiger partial charge on any atom is -0.375 e. The summed E-state index contributed by atoms with van der Waals surface area (Å²) in [4.78, 5) is 10.6. The molecule has 0 unspecified atom stereocenters. The zero-order valence-electron chi connectivity index (χ0n) is 7.43. The third kappa shape index (κ3) is 7.24. The SMILES string of the molecule is C=C(C)COCCNC(=O)CN. The van der Waals surface area contributed by atoms with Crippen LogP contribution in [0.25, 0.3) is 0 Å². The Bertz CT molecular complexity index is 157. The highest BCUT2D eigenvalue weighted by Gasteiger charge is 1.94. The summed E-state index contributed by atoms with van der Waals surface area (Å²) < 4.78 is 5.13. The molecule has 4 heteroatoms. The number of hydrogen-bond donors (Lipinski definition) is 2. The molecule has 0 bridgehead atoms. The first-order valence-corrected chi connectivity index (χ1v) is 3.85. The van der Waals surface area contributed by atoms with E-state index in [2.05, 4.69) is 11.9 Å². The second-order valence-electron chi connectivity index (χ2n) is 2.56. The van der Waals surface area contributed by atoms with Gasteiger partial charge in [0.15, 0.2) is 0 Å². The molecule has 0 atom stereocenters. The molecule has 0 aliphatic heterocycles. The molecule has 0 saturated heterocycles. The first-order valence-electron chi connectivity index (χ1n) is 3.85. The average Bonchev–Trinajstić information content (AvgIpc) is 2.03. The summed E-state index contributed by atoms with van der Waals surface area (Å²) in [6.45, 7) is 7.13. The Morgan fingerprint density at radius 2 is 2.33 bits per heavy atom. The van der Waals surface area contributed by atoms with Crippen molar-refractivity contribution in [3.8, 4) is 0 Å². The maximum absolute atomic E-state index is 10.6. The lowest BCUT2D eigenvalue weighted by molar-refractivity contribution is -0.119. The predicted molar refractivity (Wildman–Crippen MR) is 47.7 cm³/mol. The summed E-state index contributed by atoms with van der Waals surface area (Å²) in [6.07, 6.45) is 0. The van der Waals surface area contributed by atoms with Gasteiger partial charge < -0.3 is 15.8 Å². The highest BCUT2D eigenvalue weighted by atomic mass is 16.5. The minimum absolute atomic E-state index is 0.0283. The van der Waals surface area contributed by atoms with Gasteiger partial charge in [-0.25, -0.2) is 0 Å². The van der Waals surface area contributed by atoms with Gasteiger partial charge in [0.05, 0.1) is 19.8 Å². The second-order valence-corrected chi connectivity index (χ2v) is 2.56. The number of rotatable bonds is 6. The third-order valence-electron chi connectivity index (χ3n) is 1.10. The van der Waals surface area contributed by atoms with Gasteiger partial charge in [-0.2, -0.15) is 0 Å². The van der Waals surface area contributed by atoms with Gasteiger partial charge in [-0.15, -0.1) is 0 Å². The van der Waals surface area contributed by atoms with E-state index in [1.54, 1.807) is 0 Å². The van der Waals surface area contributed by atoms with E-state index in [1.165, 1.54) is 0 Å². The number of ether oxygens (including phenoxy) is 1. The van der Waals surface area contributed by atoms with Crippen LogP contribution in [0.4, 0.5) is 0 Å².